The summed E-state index contributed by atoms with van der Waals surface area (Å²) in [5.74, 6) is -0.230. The lowest BCUT2D eigenvalue weighted by atomic mass is 9.85. The second-order valence-electron chi connectivity index (χ2n) is 6.27. The SMILES string of the molecule is CN(C)S(=O)(=O)N1CC2(C1)C(COc1ncccn1)CCS2(=O)=O. The maximum Gasteiger partial charge on any atom is 0.316 e. The fourth-order valence-electron chi connectivity index (χ4n) is 3.19. The molecule has 0 saturated carbocycles. The van der Waals surface area contributed by atoms with Gasteiger partial charge in [-0.2, -0.15) is 17.0 Å². The van der Waals surface area contributed by atoms with E-state index in [4.69, 9.17) is 4.74 Å². The fraction of sp³-hybridized carbons (Fsp3) is 0.692. The van der Waals surface area contributed by atoms with E-state index in [1.54, 1.807) is 6.07 Å². The van der Waals surface area contributed by atoms with Crippen LogP contribution in [0.25, 0.3) is 0 Å². The molecule has 1 aromatic heterocycles. The summed E-state index contributed by atoms with van der Waals surface area (Å²) in [4.78, 5) is 7.90. The lowest BCUT2D eigenvalue weighted by Gasteiger charge is -2.49. The van der Waals surface area contributed by atoms with E-state index in [0.29, 0.717) is 6.42 Å². The zero-order valence-corrected chi connectivity index (χ0v) is 15.1. The van der Waals surface area contributed by atoms with E-state index in [-0.39, 0.29) is 37.4 Å². The van der Waals surface area contributed by atoms with Gasteiger partial charge in [0.2, 0.25) is 0 Å². The molecule has 3 heterocycles. The summed E-state index contributed by atoms with van der Waals surface area (Å²) in [5, 5.41) is 0. The third-order valence-electron chi connectivity index (χ3n) is 4.73. The van der Waals surface area contributed by atoms with Gasteiger partial charge in [-0.15, -0.1) is 0 Å². The van der Waals surface area contributed by atoms with Crippen molar-refractivity contribution in [1.29, 1.82) is 0 Å². The summed E-state index contributed by atoms with van der Waals surface area (Å²) < 4.78 is 56.1. The minimum absolute atomic E-state index is 0.0283. The molecule has 24 heavy (non-hydrogen) atoms. The van der Waals surface area contributed by atoms with E-state index in [1.807, 2.05) is 0 Å². The first-order valence-corrected chi connectivity index (χ1v) is 10.5. The summed E-state index contributed by atoms with van der Waals surface area (Å²) in [6, 6.07) is 1.85. The molecule has 134 valence electrons. The highest BCUT2D eigenvalue weighted by Crippen LogP contribution is 2.45. The van der Waals surface area contributed by atoms with Crippen LogP contribution in [-0.4, -0.2) is 79.7 Å². The maximum absolute atomic E-state index is 12.5. The average Bonchev–Trinajstić information content (AvgIpc) is 2.75. The molecule has 0 N–H and O–H groups in total. The van der Waals surface area contributed by atoms with E-state index in [2.05, 4.69) is 9.97 Å². The fourth-order valence-corrected chi connectivity index (χ4v) is 7.00. The Morgan fingerprint density at radius 2 is 1.96 bits per heavy atom. The number of sulfone groups is 1. The molecule has 1 aromatic rings. The quantitative estimate of drug-likeness (QED) is 0.658. The molecular weight excluding hydrogens is 356 g/mol. The molecule has 9 nitrogen and oxygen atoms in total. The zero-order valence-electron chi connectivity index (χ0n) is 13.5. The van der Waals surface area contributed by atoms with Gasteiger partial charge in [0, 0.05) is 45.5 Å². The van der Waals surface area contributed by atoms with Crippen LogP contribution in [0.2, 0.25) is 0 Å². The Balaban J connectivity index is 1.75. The zero-order chi connectivity index (χ0) is 17.6. The average molecular weight is 376 g/mol. The van der Waals surface area contributed by atoms with Crippen LogP contribution in [0.3, 0.4) is 0 Å². The number of ether oxygens (including phenoxy) is 1. The van der Waals surface area contributed by atoms with Crippen molar-refractivity contribution in [2.75, 3.05) is 39.5 Å². The molecule has 2 saturated heterocycles. The monoisotopic (exact) mass is 376 g/mol. The van der Waals surface area contributed by atoms with E-state index >= 15 is 0 Å². The van der Waals surface area contributed by atoms with Gasteiger partial charge < -0.3 is 4.74 Å². The molecule has 1 spiro atoms. The third-order valence-corrected chi connectivity index (χ3v) is 9.17. The van der Waals surface area contributed by atoms with Crippen LogP contribution < -0.4 is 4.74 Å². The van der Waals surface area contributed by atoms with Gasteiger partial charge in [0.15, 0.2) is 9.84 Å². The lowest BCUT2D eigenvalue weighted by Crippen LogP contribution is -2.70. The van der Waals surface area contributed by atoms with Gasteiger partial charge in [-0.05, 0) is 12.5 Å². The third kappa shape index (κ3) is 2.68. The molecule has 3 rings (SSSR count). The summed E-state index contributed by atoms with van der Waals surface area (Å²) in [7, 11) is -4.12. The van der Waals surface area contributed by atoms with Crippen LogP contribution in [0.5, 0.6) is 6.01 Å². The minimum Gasteiger partial charge on any atom is -0.463 e. The number of nitrogens with zero attached hydrogens (tertiary/aromatic N) is 4. The van der Waals surface area contributed by atoms with Crippen molar-refractivity contribution in [3.8, 4) is 6.01 Å². The Bertz CT molecular complexity index is 804. The highest BCUT2D eigenvalue weighted by atomic mass is 32.2. The number of rotatable bonds is 5. The summed E-state index contributed by atoms with van der Waals surface area (Å²) in [6.45, 7) is 0.0954. The molecule has 2 fully saturated rings. The van der Waals surface area contributed by atoms with Gasteiger partial charge in [-0.25, -0.2) is 18.4 Å². The van der Waals surface area contributed by atoms with Crippen LogP contribution in [-0.2, 0) is 20.0 Å². The Morgan fingerprint density at radius 1 is 1.33 bits per heavy atom. The van der Waals surface area contributed by atoms with Crippen molar-refractivity contribution in [1.82, 2.24) is 18.6 Å². The van der Waals surface area contributed by atoms with Crippen molar-refractivity contribution in [2.24, 2.45) is 5.92 Å². The molecule has 0 radical (unpaired) electrons. The molecule has 11 heteroatoms. The maximum atomic E-state index is 12.5. The van der Waals surface area contributed by atoms with Crippen LogP contribution in [0.15, 0.2) is 18.5 Å². The van der Waals surface area contributed by atoms with Crippen LogP contribution in [0.1, 0.15) is 6.42 Å². The Morgan fingerprint density at radius 3 is 2.54 bits per heavy atom. The van der Waals surface area contributed by atoms with Gasteiger partial charge in [0.05, 0.1) is 12.4 Å². The van der Waals surface area contributed by atoms with Crippen LogP contribution >= 0.6 is 0 Å². The number of hydrogen-bond acceptors (Lipinski definition) is 7. The predicted molar refractivity (Wildman–Crippen MR) is 86.3 cm³/mol. The molecule has 0 bridgehead atoms. The second-order valence-corrected chi connectivity index (χ2v) is 10.9. The van der Waals surface area contributed by atoms with Crippen molar-refractivity contribution in [3.63, 3.8) is 0 Å². The van der Waals surface area contributed by atoms with E-state index in [0.717, 1.165) is 4.31 Å². The first-order chi connectivity index (χ1) is 11.2. The summed E-state index contributed by atoms with van der Waals surface area (Å²) >= 11 is 0. The topological polar surface area (TPSA) is 110 Å². The molecule has 0 amide bonds. The van der Waals surface area contributed by atoms with Gasteiger partial charge in [-0.3, -0.25) is 0 Å². The van der Waals surface area contributed by atoms with Gasteiger partial charge in [0.1, 0.15) is 4.75 Å². The van der Waals surface area contributed by atoms with E-state index in [1.165, 1.54) is 30.8 Å². The second kappa shape index (κ2) is 5.90. The first kappa shape index (κ1) is 17.5. The Hall–Kier alpha value is -1.30. The largest absolute Gasteiger partial charge is 0.463 e. The van der Waals surface area contributed by atoms with Crippen molar-refractivity contribution >= 4 is 20.0 Å². The van der Waals surface area contributed by atoms with Crippen molar-refractivity contribution in [3.05, 3.63) is 18.5 Å². The summed E-state index contributed by atoms with van der Waals surface area (Å²) in [6.07, 6.45) is 3.53. The van der Waals surface area contributed by atoms with Gasteiger partial charge >= 0.3 is 6.01 Å². The van der Waals surface area contributed by atoms with Gasteiger partial charge in [0.25, 0.3) is 10.2 Å². The van der Waals surface area contributed by atoms with Crippen molar-refractivity contribution < 1.29 is 21.6 Å². The lowest BCUT2D eigenvalue weighted by molar-refractivity contribution is 0.117. The molecule has 2 aliphatic rings. The van der Waals surface area contributed by atoms with Crippen LogP contribution in [0, 0.1) is 5.92 Å². The first-order valence-electron chi connectivity index (χ1n) is 7.49. The van der Waals surface area contributed by atoms with Gasteiger partial charge in [-0.1, -0.05) is 0 Å². The standard InChI is InChI=1S/C13H20N4O5S2/c1-16(2)24(20,21)17-9-13(10-17)11(4-7-23(13,18)19)8-22-12-14-5-3-6-15-12/h3,5-6,11H,4,7-10H2,1-2H3. The Kier molecular flexibility index (Phi) is 4.31. The Labute approximate surface area is 141 Å². The van der Waals surface area contributed by atoms with Crippen molar-refractivity contribution in [2.45, 2.75) is 11.2 Å². The molecular formula is C13H20N4O5S2. The molecule has 0 aliphatic carbocycles. The van der Waals surface area contributed by atoms with E-state index in [9.17, 15) is 16.8 Å². The number of aromatic nitrogens is 2. The predicted octanol–water partition coefficient (Wildman–Crippen LogP) is -0.849. The van der Waals surface area contributed by atoms with E-state index < -0.39 is 24.8 Å². The highest BCUT2D eigenvalue weighted by Gasteiger charge is 2.64. The normalized spacial score (nSPS) is 25.7. The minimum atomic E-state index is -3.61. The number of hydrogen-bond donors (Lipinski definition) is 0. The molecule has 1 atom stereocenters. The molecule has 0 aromatic carbocycles. The molecule has 2 aliphatic heterocycles. The smallest absolute Gasteiger partial charge is 0.316 e. The summed E-state index contributed by atoms with van der Waals surface area (Å²) in [5.41, 5.74) is 0. The highest BCUT2D eigenvalue weighted by molar-refractivity contribution is 7.93. The van der Waals surface area contributed by atoms with Crippen LogP contribution in [0.4, 0.5) is 0 Å². The molecule has 1 unspecified atom stereocenters.